The van der Waals surface area contributed by atoms with Gasteiger partial charge >= 0.3 is 5.76 Å². The Labute approximate surface area is 147 Å². The zero-order valence-corrected chi connectivity index (χ0v) is 14.3. The highest BCUT2D eigenvalue weighted by Gasteiger charge is 2.11. The Balaban J connectivity index is 1.51. The molecule has 126 valence electrons. The van der Waals surface area contributed by atoms with Crippen LogP contribution in [0.15, 0.2) is 62.9 Å². The third-order valence-electron chi connectivity index (χ3n) is 3.84. The summed E-state index contributed by atoms with van der Waals surface area (Å²) in [5.41, 5.74) is 3.48. The second kappa shape index (κ2) is 6.56. The van der Waals surface area contributed by atoms with Gasteiger partial charge in [-0.15, -0.1) is 5.10 Å². The van der Waals surface area contributed by atoms with Gasteiger partial charge in [0, 0.05) is 12.3 Å². The minimum absolute atomic E-state index is 0.347. The van der Waals surface area contributed by atoms with E-state index in [1.807, 2.05) is 49.4 Å². The molecule has 0 aliphatic heterocycles. The van der Waals surface area contributed by atoms with Gasteiger partial charge < -0.3 is 4.42 Å². The number of para-hydroxylation sites is 2. The Kier molecular flexibility index (Phi) is 4.10. The molecular weight excluding hydrogens is 338 g/mol. The summed E-state index contributed by atoms with van der Waals surface area (Å²) < 4.78 is 8.57. The van der Waals surface area contributed by atoms with Crippen LogP contribution in [0, 0.1) is 6.92 Å². The lowest BCUT2D eigenvalue weighted by Gasteiger charge is -2.05. The number of aryl methyl sites for hydroxylation is 2. The molecule has 0 atom stereocenters. The first-order chi connectivity index (χ1) is 12.2. The van der Waals surface area contributed by atoms with E-state index in [0.717, 1.165) is 11.2 Å². The molecule has 0 aliphatic carbocycles. The number of aromatic nitrogens is 5. The molecule has 4 aromatic rings. The number of oxazole rings is 1. The second-order valence-corrected chi connectivity index (χ2v) is 6.61. The van der Waals surface area contributed by atoms with E-state index < -0.39 is 0 Å². The van der Waals surface area contributed by atoms with Gasteiger partial charge in [-0.1, -0.05) is 41.6 Å². The third-order valence-corrected chi connectivity index (χ3v) is 4.74. The fourth-order valence-electron chi connectivity index (χ4n) is 2.57. The van der Waals surface area contributed by atoms with Gasteiger partial charge in [0.05, 0.1) is 11.2 Å². The Bertz CT molecular complexity index is 1060. The van der Waals surface area contributed by atoms with Crippen molar-refractivity contribution in [3.8, 4) is 5.69 Å². The standard InChI is InChI=1S/C17H15N5O2S/c1-12-6-8-13(9-7-12)22-16(18-19-20-22)25-11-10-21-14-4-2-3-5-15(14)24-17(21)23/h2-9H,10-11H2,1H3. The molecular formula is C17H15N5O2S. The maximum absolute atomic E-state index is 12.0. The Hall–Kier alpha value is -2.87. The summed E-state index contributed by atoms with van der Waals surface area (Å²) in [6.07, 6.45) is 0. The minimum Gasteiger partial charge on any atom is -0.408 e. The number of tetrazole rings is 1. The van der Waals surface area contributed by atoms with Crippen molar-refractivity contribution in [1.29, 1.82) is 0 Å². The van der Waals surface area contributed by atoms with Gasteiger partial charge in [0.2, 0.25) is 5.16 Å². The number of fused-ring (bicyclic) bond motifs is 1. The lowest BCUT2D eigenvalue weighted by atomic mass is 10.2. The topological polar surface area (TPSA) is 78.7 Å². The number of hydrogen-bond donors (Lipinski definition) is 0. The second-order valence-electron chi connectivity index (χ2n) is 5.54. The van der Waals surface area contributed by atoms with E-state index in [9.17, 15) is 4.79 Å². The van der Waals surface area contributed by atoms with Gasteiger partial charge in [0.1, 0.15) is 0 Å². The van der Waals surface area contributed by atoms with Crippen molar-refractivity contribution in [2.24, 2.45) is 0 Å². The van der Waals surface area contributed by atoms with Gasteiger partial charge in [-0.3, -0.25) is 4.57 Å². The largest absolute Gasteiger partial charge is 0.419 e. The van der Waals surface area contributed by atoms with Crippen molar-refractivity contribution in [3.63, 3.8) is 0 Å². The Morgan fingerprint density at radius 2 is 1.92 bits per heavy atom. The van der Waals surface area contributed by atoms with E-state index in [0.29, 0.717) is 23.0 Å². The molecule has 0 saturated heterocycles. The summed E-state index contributed by atoms with van der Waals surface area (Å²) >= 11 is 1.49. The molecule has 0 spiro atoms. The molecule has 0 saturated carbocycles. The van der Waals surface area contributed by atoms with Crippen LogP contribution in [0.1, 0.15) is 5.56 Å². The Morgan fingerprint density at radius 1 is 1.12 bits per heavy atom. The van der Waals surface area contributed by atoms with Crippen LogP contribution in [0.5, 0.6) is 0 Å². The molecule has 2 heterocycles. The average molecular weight is 353 g/mol. The van der Waals surface area contributed by atoms with E-state index in [1.165, 1.54) is 17.3 Å². The van der Waals surface area contributed by atoms with Crippen molar-refractivity contribution in [2.45, 2.75) is 18.6 Å². The molecule has 8 heteroatoms. The number of thioether (sulfide) groups is 1. The van der Waals surface area contributed by atoms with Crippen LogP contribution in [-0.4, -0.2) is 30.5 Å². The van der Waals surface area contributed by atoms with Crippen LogP contribution in [-0.2, 0) is 6.54 Å². The summed E-state index contributed by atoms with van der Waals surface area (Å²) in [4.78, 5) is 12.0. The summed E-state index contributed by atoms with van der Waals surface area (Å²) in [6.45, 7) is 2.55. The number of nitrogens with zero attached hydrogens (tertiary/aromatic N) is 5. The lowest BCUT2D eigenvalue weighted by molar-refractivity contribution is 0.514. The van der Waals surface area contributed by atoms with E-state index in [4.69, 9.17) is 4.42 Å². The first kappa shape index (κ1) is 15.6. The molecule has 0 radical (unpaired) electrons. The van der Waals surface area contributed by atoms with Crippen molar-refractivity contribution in [2.75, 3.05) is 5.75 Å². The Morgan fingerprint density at radius 3 is 2.76 bits per heavy atom. The van der Waals surface area contributed by atoms with E-state index in [1.54, 1.807) is 15.3 Å². The zero-order valence-electron chi connectivity index (χ0n) is 13.5. The van der Waals surface area contributed by atoms with Crippen LogP contribution in [0.25, 0.3) is 16.8 Å². The number of hydrogen-bond acceptors (Lipinski definition) is 6. The van der Waals surface area contributed by atoms with Crippen LogP contribution in [0.3, 0.4) is 0 Å². The van der Waals surface area contributed by atoms with Gasteiger partial charge in [0.15, 0.2) is 5.58 Å². The SMILES string of the molecule is Cc1ccc(-n2nnnc2SCCn2c(=O)oc3ccccc32)cc1. The number of rotatable bonds is 5. The molecule has 4 rings (SSSR count). The molecule has 7 nitrogen and oxygen atoms in total. The van der Waals surface area contributed by atoms with E-state index in [2.05, 4.69) is 15.5 Å². The molecule has 2 aromatic heterocycles. The summed E-state index contributed by atoms with van der Waals surface area (Å²) in [5.74, 6) is 0.301. The molecule has 0 N–H and O–H groups in total. The van der Waals surface area contributed by atoms with Crippen molar-refractivity contribution in [1.82, 2.24) is 24.8 Å². The smallest absolute Gasteiger partial charge is 0.408 e. The molecule has 25 heavy (non-hydrogen) atoms. The first-order valence-electron chi connectivity index (χ1n) is 7.79. The molecule has 0 unspecified atom stereocenters. The monoisotopic (exact) mass is 353 g/mol. The molecule has 0 aliphatic rings. The molecule has 0 fully saturated rings. The quantitative estimate of drug-likeness (QED) is 0.513. The third kappa shape index (κ3) is 3.08. The highest BCUT2D eigenvalue weighted by Crippen LogP contribution is 2.19. The van der Waals surface area contributed by atoms with Crippen molar-refractivity contribution in [3.05, 3.63) is 64.6 Å². The van der Waals surface area contributed by atoms with Crippen molar-refractivity contribution < 1.29 is 4.42 Å². The summed E-state index contributed by atoms with van der Waals surface area (Å²) in [6, 6.07) is 15.4. The zero-order chi connectivity index (χ0) is 17.2. The maximum atomic E-state index is 12.0. The van der Waals surface area contributed by atoms with Gasteiger partial charge in [-0.2, -0.15) is 4.68 Å². The summed E-state index contributed by atoms with van der Waals surface area (Å²) in [7, 11) is 0. The van der Waals surface area contributed by atoms with Gasteiger partial charge in [0.25, 0.3) is 0 Å². The highest BCUT2D eigenvalue weighted by molar-refractivity contribution is 7.99. The highest BCUT2D eigenvalue weighted by atomic mass is 32.2. The lowest BCUT2D eigenvalue weighted by Crippen LogP contribution is -2.15. The summed E-state index contributed by atoms with van der Waals surface area (Å²) in [5, 5.41) is 12.6. The fourth-order valence-corrected chi connectivity index (χ4v) is 3.39. The maximum Gasteiger partial charge on any atom is 0.419 e. The van der Waals surface area contributed by atoms with Crippen molar-refractivity contribution >= 4 is 22.9 Å². The molecule has 2 aromatic carbocycles. The fraction of sp³-hybridized carbons (Fsp3) is 0.176. The van der Waals surface area contributed by atoms with E-state index in [-0.39, 0.29) is 5.76 Å². The predicted molar refractivity (Wildman–Crippen MR) is 95.1 cm³/mol. The average Bonchev–Trinajstić information content (AvgIpc) is 3.20. The normalized spacial score (nSPS) is 11.2. The van der Waals surface area contributed by atoms with Gasteiger partial charge in [-0.25, -0.2) is 4.79 Å². The van der Waals surface area contributed by atoms with Crippen LogP contribution >= 0.6 is 11.8 Å². The number of benzene rings is 2. The van der Waals surface area contributed by atoms with Crippen LogP contribution in [0.2, 0.25) is 0 Å². The van der Waals surface area contributed by atoms with E-state index >= 15 is 0 Å². The first-order valence-corrected chi connectivity index (χ1v) is 8.77. The minimum atomic E-state index is -0.347. The van der Waals surface area contributed by atoms with Crippen LogP contribution in [0.4, 0.5) is 0 Å². The molecule has 0 amide bonds. The van der Waals surface area contributed by atoms with Crippen LogP contribution < -0.4 is 5.76 Å². The predicted octanol–water partition coefficient (Wildman–Crippen LogP) is 2.67. The van der Waals surface area contributed by atoms with Gasteiger partial charge in [-0.05, 0) is 41.6 Å². The molecule has 0 bridgehead atoms.